The molecule has 0 aromatic heterocycles. The van der Waals surface area contributed by atoms with Crippen molar-refractivity contribution in [3.05, 3.63) is 135 Å². The number of nitrogens with one attached hydrogen (secondary N) is 3. The summed E-state index contributed by atoms with van der Waals surface area (Å²) in [5.41, 5.74) is 4.05. The van der Waals surface area contributed by atoms with Crippen LogP contribution in [-0.4, -0.2) is 48.4 Å². The number of carbonyl (C=O) groups is 2. The summed E-state index contributed by atoms with van der Waals surface area (Å²) in [7, 11) is 0. The first kappa shape index (κ1) is 32.9. The van der Waals surface area contributed by atoms with Crippen LogP contribution >= 0.6 is 35.8 Å². The Morgan fingerprint density at radius 3 is 2.20 bits per heavy atom. The van der Waals surface area contributed by atoms with Crippen LogP contribution in [0.25, 0.3) is 0 Å². The maximum Gasteiger partial charge on any atom is 0.405 e. The Labute approximate surface area is 278 Å². The lowest BCUT2D eigenvalue weighted by Gasteiger charge is -2.34. The summed E-state index contributed by atoms with van der Waals surface area (Å²) in [4.78, 5) is 25.8. The minimum absolute atomic E-state index is 0.0878. The van der Waals surface area contributed by atoms with Crippen LogP contribution in [-0.2, 0) is 16.0 Å². The SMILES string of the molecule is O=C(O)N[C@H](C(=O)Nc1ccccc1CC[C@@H]1CNC[C@@H](C(S)c2ccc(Cl)cc2Cl)O1)C(c1ccccc1)c1ccccc1. The van der Waals surface area contributed by atoms with Crippen LogP contribution < -0.4 is 16.0 Å². The van der Waals surface area contributed by atoms with Crippen LogP contribution in [0.4, 0.5) is 10.5 Å². The molecule has 7 nitrogen and oxygen atoms in total. The molecular formula is C35H35Cl2N3O4S. The van der Waals surface area contributed by atoms with Crippen LogP contribution in [0.5, 0.6) is 0 Å². The molecule has 0 aliphatic carbocycles. The average Bonchev–Trinajstić information content (AvgIpc) is 3.05. The number of para-hydroxylation sites is 1. The van der Waals surface area contributed by atoms with Gasteiger partial charge in [0.2, 0.25) is 5.91 Å². The quantitative estimate of drug-likeness (QED) is 0.108. The van der Waals surface area contributed by atoms with Gasteiger partial charge >= 0.3 is 6.09 Å². The molecule has 10 heteroatoms. The van der Waals surface area contributed by atoms with Gasteiger partial charge in [-0.05, 0) is 53.3 Å². The third kappa shape index (κ3) is 8.60. The van der Waals surface area contributed by atoms with E-state index in [0.29, 0.717) is 41.7 Å². The normalized spacial score (nSPS) is 17.8. The fourth-order valence-corrected chi connectivity index (χ4v) is 6.75. The number of halogens is 2. The van der Waals surface area contributed by atoms with Gasteiger partial charge in [0.25, 0.3) is 0 Å². The predicted octanol–water partition coefficient (Wildman–Crippen LogP) is 7.36. The Morgan fingerprint density at radius 1 is 0.911 bits per heavy atom. The molecule has 234 valence electrons. The molecular weight excluding hydrogens is 629 g/mol. The molecule has 1 aliphatic rings. The molecule has 1 fully saturated rings. The van der Waals surface area contributed by atoms with Crippen LogP contribution in [0.1, 0.15) is 39.8 Å². The summed E-state index contributed by atoms with van der Waals surface area (Å²) < 4.78 is 6.45. The second kappa shape index (κ2) is 15.7. The predicted molar refractivity (Wildman–Crippen MR) is 183 cm³/mol. The zero-order valence-corrected chi connectivity index (χ0v) is 26.8. The van der Waals surface area contributed by atoms with Crippen molar-refractivity contribution in [3.8, 4) is 0 Å². The van der Waals surface area contributed by atoms with E-state index in [1.54, 1.807) is 12.1 Å². The molecule has 1 aliphatic heterocycles. The molecule has 0 bridgehead atoms. The molecule has 1 unspecified atom stereocenters. The molecule has 45 heavy (non-hydrogen) atoms. The molecule has 1 saturated heterocycles. The fraction of sp³-hybridized carbons (Fsp3) is 0.257. The zero-order valence-electron chi connectivity index (χ0n) is 24.4. The van der Waals surface area contributed by atoms with Gasteiger partial charge in [0, 0.05) is 34.7 Å². The van der Waals surface area contributed by atoms with E-state index in [1.165, 1.54) is 0 Å². The largest absolute Gasteiger partial charge is 0.465 e. The molecule has 0 saturated carbocycles. The molecule has 5 rings (SSSR count). The standard InChI is InChI=1S/C35H35Cl2N3O4S/c36-25-16-18-27(28(37)19-25)33(45)30-21-38-20-26(44-30)17-15-22-9-7-8-14-29(22)39-34(41)32(40-35(42)43)31(23-10-3-1-4-11-23)24-12-5-2-6-13-24/h1-14,16,18-19,26,30-33,38,40,45H,15,17,20-21H2,(H,39,41)(H,42,43)/t26-,30+,32+,33?/m1/s1. The van der Waals surface area contributed by atoms with Crippen molar-refractivity contribution >= 4 is 53.5 Å². The number of benzene rings is 4. The van der Waals surface area contributed by atoms with Gasteiger partial charge in [-0.25, -0.2) is 4.79 Å². The number of hydrogen-bond donors (Lipinski definition) is 5. The number of amides is 2. The third-order valence-corrected chi connectivity index (χ3v) is 9.11. The van der Waals surface area contributed by atoms with Crippen molar-refractivity contribution in [3.63, 3.8) is 0 Å². The number of carboxylic acid groups (broad SMARTS) is 1. The second-order valence-corrected chi connectivity index (χ2v) is 12.4. The van der Waals surface area contributed by atoms with Crippen LogP contribution in [0.15, 0.2) is 103 Å². The number of thiol groups is 1. The van der Waals surface area contributed by atoms with Gasteiger partial charge in [-0.2, -0.15) is 12.6 Å². The number of morpholine rings is 1. The summed E-state index contributed by atoms with van der Waals surface area (Å²) in [5.74, 6) is -0.992. The highest BCUT2D eigenvalue weighted by atomic mass is 35.5. The summed E-state index contributed by atoms with van der Waals surface area (Å²) in [6, 6.07) is 30.7. The highest BCUT2D eigenvalue weighted by molar-refractivity contribution is 7.80. The Hall–Kier alpha value is -3.53. The summed E-state index contributed by atoms with van der Waals surface area (Å²) in [6.45, 7) is 1.32. The van der Waals surface area contributed by atoms with Gasteiger partial charge in [0.1, 0.15) is 6.04 Å². The number of carbonyl (C=O) groups excluding carboxylic acids is 1. The van der Waals surface area contributed by atoms with Crippen molar-refractivity contribution in [1.82, 2.24) is 10.6 Å². The zero-order chi connectivity index (χ0) is 31.8. The number of ether oxygens (including phenoxy) is 1. The number of aryl methyl sites for hydroxylation is 1. The van der Waals surface area contributed by atoms with Gasteiger partial charge in [-0.3, -0.25) is 4.79 Å². The molecule has 4 N–H and O–H groups in total. The van der Waals surface area contributed by atoms with Crippen LogP contribution in [0.2, 0.25) is 10.0 Å². The number of rotatable bonds is 11. The van der Waals surface area contributed by atoms with Gasteiger partial charge in [-0.1, -0.05) is 108 Å². The third-order valence-electron chi connectivity index (χ3n) is 7.94. The molecule has 0 radical (unpaired) electrons. The van der Waals surface area contributed by atoms with Gasteiger partial charge in [0.15, 0.2) is 0 Å². The van der Waals surface area contributed by atoms with E-state index in [9.17, 15) is 14.7 Å². The van der Waals surface area contributed by atoms with E-state index in [4.69, 9.17) is 40.6 Å². The van der Waals surface area contributed by atoms with Crippen molar-refractivity contribution in [2.45, 2.75) is 42.3 Å². The van der Waals surface area contributed by atoms with E-state index in [1.807, 2.05) is 91.0 Å². The second-order valence-electron chi connectivity index (χ2n) is 11.0. The van der Waals surface area contributed by atoms with Crippen molar-refractivity contribution in [2.24, 2.45) is 0 Å². The van der Waals surface area contributed by atoms with Crippen molar-refractivity contribution in [1.29, 1.82) is 0 Å². The Balaban J connectivity index is 1.30. The maximum atomic E-state index is 13.9. The van der Waals surface area contributed by atoms with Crippen LogP contribution in [0.3, 0.4) is 0 Å². The molecule has 4 aromatic rings. The summed E-state index contributed by atoms with van der Waals surface area (Å²) in [5, 5.41) is 19.6. The van der Waals surface area contributed by atoms with E-state index in [-0.39, 0.29) is 17.5 Å². The molecule has 4 atom stereocenters. The first-order chi connectivity index (χ1) is 21.8. The minimum Gasteiger partial charge on any atom is -0.465 e. The van der Waals surface area contributed by atoms with Crippen LogP contribution in [0, 0.1) is 0 Å². The summed E-state index contributed by atoms with van der Waals surface area (Å²) in [6.07, 6.45) is -0.240. The molecule has 2 amide bonds. The first-order valence-electron chi connectivity index (χ1n) is 14.8. The summed E-state index contributed by atoms with van der Waals surface area (Å²) >= 11 is 17.3. The first-order valence-corrected chi connectivity index (χ1v) is 16.0. The lowest BCUT2D eigenvalue weighted by atomic mass is 9.84. The topological polar surface area (TPSA) is 99.7 Å². The van der Waals surface area contributed by atoms with E-state index < -0.39 is 24.0 Å². The number of hydrogen-bond acceptors (Lipinski definition) is 5. The fourth-order valence-electron chi connectivity index (χ4n) is 5.75. The average molecular weight is 665 g/mol. The highest BCUT2D eigenvalue weighted by Crippen LogP contribution is 2.35. The minimum atomic E-state index is -1.28. The smallest absolute Gasteiger partial charge is 0.405 e. The molecule has 4 aromatic carbocycles. The molecule has 0 spiro atoms. The number of anilines is 1. The van der Waals surface area contributed by atoms with Gasteiger partial charge < -0.3 is 25.8 Å². The van der Waals surface area contributed by atoms with E-state index in [2.05, 4.69) is 16.0 Å². The van der Waals surface area contributed by atoms with Gasteiger partial charge in [-0.15, -0.1) is 0 Å². The van der Waals surface area contributed by atoms with Crippen molar-refractivity contribution in [2.75, 3.05) is 18.4 Å². The van der Waals surface area contributed by atoms with Gasteiger partial charge in [0.05, 0.1) is 17.5 Å². The Morgan fingerprint density at radius 2 is 1.56 bits per heavy atom. The Bertz CT molecular complexity index is 1560. The molecule has 1 heterocycles. The lowest BCUT2D eigenvalue weighted by molar-refractivity contribution is -0.118. The highest BCUT2D eigenvalue weighted by Gasteiger charge is 2.33. The maximum absolute atomic E-state index is 13.9. The monoisotopic (exact) mass is 663 g/mol. The van der Waals surface area contributed by atoms with E-state index >= 15 is 0 Å². The van der Waals surface area contributed by atoms with E-state index in [0.717, 1.165) is 22.3 Å². The lowest BCUT2D eigenvalue weighted by Crippen LogP contribution is -2.47. The van der Waals surface area contributed by atoms with Crippen molar-refractivity contribution < 1.29 is 19.4 Å². The Kier molecular flexibility index (Phi) is 11.4.